The van der Waals surface area contributed by atoms with Crippen molar-refractivity contribution in [2.24, 2.45) is 0 Å². The molecule has 110 valence electrons. The van der Waals surface area contributed by atoms with Crippen molar-refractivity contribution >= 4 is 29.1 Å². The molecule has 0 atom stereocenters. The number of halogens is 2. The van der Waals surface area contributed by atoms with Crippen LogP contribution in [0.2, 0.25) is 10.0 Å². The lowest BCUT2D eigenvalue weighted by atomic mass is 10.2. The number of ether oxygens (including phenoxy) is 2. The summed E-state index contributed by atoms with van der Waals surface area (Å²) in [6.45, 7) is 0. The van der Waals surface area contributed by atoms with Crippen molar-refractivity contribution in [2.45, 2.75) is 0 Å². The van der Waals surface area contributed by atoms with Gasteiger partial charge in [0.15, 0.2) is 11.5 Å². The Labute approximate surface area is 132 Å². The number of rotatable bonds is 4. The minimum absolute atomic E-state index is 0.215. The van der Waals surface area contributed by atoms with Crippen molar-refractivity contribution in [3.63, 3.8) is 0 Å². The molecule has 0 unspecified atom stereocenters. The summed E-state index contributed by atoms with van der Waals surface area (Å²) in [5, 5.41) is 3.40. The molecule has 2 rings (SSSR count). The number of hydrogen-bond donors (Lipinski definition) is 1. The minimum atomic E-state index is -0.215. The zero-order valence-electron chi connectivity index (χ0n) is 11.4. The molecular formula is C15H13Cl2NO3. The second-order valence-electron chi connectivity index (χ2n) is 4.12. The van der Waals surface area contributed by atoms with Crippen LogP contribution in [-0.2, 0) is 0 Å². The van der Waals surface area contributed by atoms with Crippen LogP contribution < -0.4 is 14.8 Å². The lowest BCUT2D eigenvalue weighted by Crippen LogP contribution is -2.17. The Bertz CT molecular complexity index is 674. The third-order valence-electron chi connectivity index (χ3n) is 2.77. The Morgan fingerprint density at radius 3 is 2.38 bits per heavy atom. The SMILES string of the molecule is CNC(=O)c1ccc(Oc2ccc(Cl)cc2OC)c(Cl)c1. The largest absolute Gasteiger partial charge is 0.493 e. The molecule has 0 aliphatic carbocycles. The average Bonchev–Trinajstić information content (AvgIpc) is 2.49. The smallest absolute Gasteiger partial charge is 0.251 e. The van der Waals surface area contributed by atoms with Gasteiger partial charge in [-0.25, -0.2) is 0 Å². The Balaban J connectivity index is 2.30. The maximum atomic E-state index is 11.5. The van der Waals surface area contributed by atoms with Crippen LogP contribution in [0.15, 0.2) is 36.4 Å². The summed E-state index contributed by atoms with van der Waals surface area (Å²) in [6.07, 6.45) is 0. The van der Waals surface area contributed by atoms with Crippen molar-refractivity contribution in [3.8, 4) is 17.2 Å². The summed E-state index contributed by atoms with van der Waals surface area (Å²) in [5.41, 5.74) is 0.456. The zero-order valence-corrected chi connectivity index (χ0v) is 13.0. The van der Waals surface area contributed by atoms with Gasteiger partial charge in [0.1, 0.15) is 5.75 Å². The van der Waals surface area contributed by atoms with E-state index in [4.69, 9.17) is 32.7 Å². The number of amides is 1. The molecule has 4 nitrogen and oxygen atoms in total. The van der Waals surface area contributed by atoms with Crippen molar-refractivity contribution in [3.05, 3.63) is 52.0 Å². The van der Waals surface area contributed by atoms with E-state index in [9.17, 15) is 4.79 Å². The highest BCUT2D eigenvalue weighted by Gasteiger charge is 2.11. The van der Waals surface area contributed by atoms with Crippen LogP contribution in [0.3, 0.4) is 0 Å². The van der Waals surface area contributed by atoms with E-state index in [1.807, 2.05) is 0 Å². The molecule has 1 N–H and O–H groups in total. The Hall–Kier alpha value is -1.91. The van der Waals surface area contributed by atoms with Gasteiger partial charge in [0.25, 0.3) is 5.91 Å². The van der Waals surface area contributed by atoms with Crippen LogP contribution >= 0.6 is 23.2 Å². The lowest BCUT2D eigenvalue weighted by molar-refractivity contribution is 0.0963. The molecule has 0 aliphatic heterocycles. The second kappa shape index (κ2) is 6.70. The van der Waals surface area contributed by atoms with Gasteiger partial charge >= 0.3 is 0 Å². The molecule has 0 saturated heterocycles. The Morgan fingerprint density at radius 1 is 1.05 bits per heavy atom. The van der Waals surface area contributed by atoms with Crippen molar-refractivity contribution in [1.29, 1.82) is 0 Å². The predicted octanol–water partition coefficient (Wildman–Crippen LogP) is 4.15. The van der Waals surface area contributed by atoms with Crippen molar-refractivity contribution in [2.75, 3.05) is 14.2 Å². The maximum absolute atomic E-state index is 11.5. The van der Waals surface area contributed by atoms with E-state index in [-0.39, 0.29) is 5.91 Å². The topological polar surface area (TPSA) is 47.6 Å². The highest BCUT2D eigenvalue weighted by Crippen LogP contribution is 2.36. The fourth-order valence-corrected chi connectivity index (χ4v) is 2.09. The van der Waals surface area contributed by atoms with Crippen LogP contribution in [0.4, 0.5) is 0 Å². The highest BCUT2D eigenvalue weighted by atomic mass is 35.5. The normalized spacial score (nSPS) is 10.1. The first-order valence-corrected chi connectivity index (χ1v) is 6.83. The molecule has 0 radical (unpaired) electrons. The van der Waals surface area contributed by atoms with Gasteiger partial charge in [0.2, 0.25) is 0 Å². The molecule has 0 saturated carbocycles. The van der Waals surface area contributed by atoms with Crippen LogP contribution in [0, 0.1) is 0 Å². The summed E-state index contributed by atoms with van der Waals surface area (Å²) in [4.78, 5) is 11.5. The van der Waals surface area contributed by atoms with E-state index in [2.05, 4.69) is 5.32 Å². The van der Waals surface area contributed by atoms with Gasteiger partial charge in [0.05, 0.1) is 12.1 Å². The molecule has 2 aromatic rings. The number of methoxy groups -OCH3 is 1. The fourth-order valence-electron chi connectivity index (χ4n) is 1.71. The first-order chi connectivity index (χ1) is 10.0. The van der Waals surface area contributed by atoms with Crippen LogP contribution in [-0.4, -0.2) is 20.1 Å². The van der Waals surface area contributed by atoms with Gasteiger partial charge in [0, 0.05) is 23.7 Å². The van der Waals surface area contributed by atoms with E-state index in [0.29, 0.717) is 32.9 Å². The van der Waals surface area contributed by atoms with E-state index in [0.717, 1.165) is 0 Å². The molecule has 1 amide bonds. The molecule has 2 aromatic carbocycles. The van der Waals surface area contributed by atoms with E-state index in [1.165, 1.54) is 13.2 Å². The molecule has 0 bridgehead atoms. The second-order valence-corrected chi connectivity index (χ2v) is 4.97. The van der Waals surface area contributed by atoms with Gasteiger partial charge in [-0.1, -0.05) is 23.2 Å². The molecular weight excluding hydrogens is 313 g/mol. The third-order valence-corrected chi connectivity index (χ3v) is 3.30. The molecule has 0 aliphatic rings. The summed E-state index contributed by atoms with van der Waals surface area (Å²) in [7, 11) is 3.08. The van der Waals surface area contributed by atoms with Gasteiger partial charge in [-0.3, -0.25) is 4.79 Å². The van der Waals surface area contributed by atoms with E-state index >= 15 is 0 Å². The van der Waals surface area contributed by atoms with Crippen molar-refractivity contribution in [1.82, 2.24) is 5.32 Å². The Morgan fingerprint density at radius 2 is 1.76 bits per heavy atom. The van der Waals surface area contributed by atoms with Crippen LogP contribution in [0.25, 0.3) is 0 Å². The molecule has 0 fully saturated rings. The van der Waals surface area contributed by atoms with Gasteiger partial charge in [-0.2, -0.15) is 0 Å². The fraction of sp³-hybridized carbons (Fsp3) is 0.133. The summed E-state index contributed by atoms with van der Waals surface area (Å²) >= 11 is 12.0. The van der Waals surface area contributed by atoms with Gasteiger partial charge < -0.3 is 14.8 Å². The average molecular weight is 326 g/mol. The molecule has 0 spiro atoms. The summed E-state index contributed by atoms with van der Waals surface area (Å²) < 4.78 is 10.9. The summed E-state index contributed by atoms with van der Waals surface area (Å²) in [5.74, 6) is 1.18. The van der Waals surface area contributed by atoms with E-state index < -0.39 is 0 Å². The first-order valence-electron chi connectivity index (χ1n) is 6.08. The third kappa shape index (κ3) is 3.60. The molecule has 0 heterocycles. The van der Waals surface area contributed by atoms with E-state index in [1.54, 1.807) is 37.4 Å². The standard InChI is InChI=1S/C15H13Cl2NO3/c1-18-15(19)9-3-5-12(11(17)7-9)21-13-6-4-10(16)8-14(13)20-2/h3-8H,1-2H3,(H,18,19). The lowest BCUT2D eigenvalue weighted by Gasteiger charge is -2.12. The van der Waals surface area contributed by atoms with Gasteiger partial charge in [-0.05, 0) is 30.3 Å². The predicted molar refractivity (Wildman–Crippen MR) is 82.9 cm³/mol. The monoisotopic (exact) mass is 325 g/mol. The van der Waals surface area contributed by atoms with Crippen LogP contribution in [0.5, 0.6) is 17.2 Å². The highest BCUT2D eigenvalue weighted by molar-refractivity contribution is 6.32. The number of benzene rings is 2. The summed E-state index contributed by atoms with van der Waals surface area (Å²) in [6, 6.07) is 9.81. The molecule has 21 heavy (non-hydrogen) atoms. The maximum Gasteiger partial charge on any atom is 0.251 e. The molecule has 6 heteroatoms. The number of nitrogens with one attached hydrogen (secondary N) is 1. The van der Waals surface area contributed by atoms with Crippen molar-refractivity contribution < 1.29 is 14.3 Å². The quantitative estimate of drug-likeness (QED) is 0.918. The number of carbonyl (C=O) groups excluding carboxylic acids is 1. The zero-order chi connectivity index (χ0) is 15.4. The molecule has 0 aromatic heterocycles. The minimum Gasteiger partial charge on any atom is -0.493 e. The Kier molecular flexibility index (Phi) is 4.94. The van der Waals surface area contributed by atoms with Gasteiger partial charge in [-0.15, -0.1) is 0 Å². The number of carbonyl (C=O) groups is 1. The first kappa shape index (κ1) is 15.5. The van der Waals surface area contributed by atoms with Crippen LogP contribution in [0.1, 0.15) is 10.4 Å². The number of hydrogen-bond acceptors (Lipinski definition) is 3.